The van der Waals surface area contributed by atoms with Crippen LogP contribution >= 0.6 is 0 Å². The summed E-state index contributed by atoms with van der Waals surface area (Å²) in [5.74, 6) is 1.69. The van der Waals surface area contributed by atoms with Gasteiger partial charge in [-0.2, -0.15) is 5.10 Å². The third-order valence-corrected chi connectivity index (χ3v) is 2.82. The van der Waals surface area contributed by atoms with Gasteiger partial charge in [0, 0.05) is 5.56 Å². The lowest BCUT2D eigenvalue weighted by atomic mass is 10.3. The van der Waals surface area contributed by atoms with Gasteiger partial charge >= 0.3 is 0 Å². The van der Waals surface area contributed by atoms with Crippen molar-refractivity contribution in [1.82, 2.24) is 10.2 Å². The van der Waals surface area contributed by atoms with Crippen LogP contribution in [0.5, 0.6) is 11.5 Å². The average Bonchev–Trinajstić information content (AvgIpc) is 2.85. The van der Waals surface area contributed by atoms with Gasteiger partial charge in [-0.1, -0.05) is 0 Å². The zero-order chi connectivity index (χ0) is 14.5. The van der Waals surface area contributed by atoms with Crippen LogP contribution in [0.2, 0.25) is 0 Å². The Labute approximate surface area is 117 Å². The Balaban J connectivity index is 1.95. The van der Waals surface area contributed by atoms with Gasteiger partial charge < -0.3 is 14.8 Å². The van der Waals surface area contributed by atoms with Crippen molar-refractivity contribution in [3.8, 4) is 11.5 Å². The van der Waals surface area contributed by atoms with Crippen molar-refractivity contribution in [3.05, 3.63) is 36.0 Å². The maximum absolute atomic E-state index is 12.0. The second kappa shape index (κ2) is 6.10. The Morgan fingerprint density at radius 2 is 1.95 bits per heavy atom. The fraction of sp³-hybridized carbons (Fsp3) is 0.286. The van der Waals surface area contributed by atoms with Gasteiger partial charge in [-0.15, -0.1) is 0 Å². The molecule has 0 radical (unpaired) electrons. The third kappa shape index (κ3) is 3.28. The number of methoxy groups -OCH3 is 1. The first-order valence-corrected chi connectivity index (χ1v) is 6.21. The molecule has 1 unspecified atom stereocenters. The number of aromatic nitrogens is 2. The molecule has 0 fully saturated rings. The van der Waals surface area contributed by atoms with E-state index in [0.29, 0.717) is 11.6 Å². The number of H-pyrrole nitrogens is 1. The summed E-state index contributed by atoms with van der Waals surface area (Å²) in [6.45, 7) is 3.54. The van der Waals surface area contributed by atoms with Gasteiger partial charge in [0.05, 0.1) is 13.3 Å². The normalized spacial score (nSPS) is 11.8. The molecule has 2 rings (SSSR count). The minimum absolute atomic E-state index is 0.242. The van der Waals surface area contributed by atoms with Crippen LogP contribution in [0.4, 0.5) is 5.82 Å². The number of rotatable bonds is 5. The van der Waals surface area contributed by atoms with Crippen molar-refractivity contribution >= 4 is 11.7 Å². The monoisotopic (exact) mass is 275 g/mol. The molecule has 0 bridgehead atoms. The van der Waals surface area contributed by atoms with Crippen LogP contribution in [-0.2, 0) is 4.79 Å². The fourth-order valence-electron chi connectivity index (χ4n) is 1.61. The van der Waals surface area contributed by atoms with E-state index in [0.717, 1.165) is 11.3 Å². The maximum atomic E-state index is 12.0. The number of nitrogens with one attached hydrogen (secondary N) is 2. The molecule has 6 nitrogen and oxygen atoms in total. The molecule has 6 heteroatoms. The highest BCUT2D eigenvalue weighted by molar-refractivity contribution is 5.93. The number of aromatic amines is 1. The van der Waals surface area contributed by atoms with Crippen molar-refractivity contribution in [3.63, 3.8) is 0 Å². The molecular weight excluding hydrogens is 258 g/mol. The summed E-state index contributed by atoms with van der Waals surface area (Å²) in [6.07, 6.45) is 1.02. The Hall–Kier alpha value is -2.50. The summed E-state index contributed by atoms with van der Waals surface area (Å²) < 4.78 is 10.6. The summed E-state index contributed by atoms with van der Waals surface area (Å²) in [4.78, 5) is 12.0. The molecule has 1 amide bonds. The van der Waals surface area contributed by atoms with E-state index < -0.39 is 6.10 Å². The molecule has 106 valence electrons. The van der Waals surface area contributed by atoms with E-state index >= 15 is 0 Å². The average molecular weight is 275 g/mol. The van der Waals surface area contributed by atoms with Crippen LogP contribution in [0, 0.1) is 6.92 Å². The summed E-state index contributed by atoms with van der Waals surface area (Å²) in [7, 11) is 1.60. The number of carbonyl (C=O) groups is 1. The Bertz CT molecular complexity index is 578. The first-order valence-electron chi connectivity index (χ1n) is 6.21. The molecular formula is C14H17N3O3. The number of ether oxygens (including phenoxy) is 2. The van der Waals surface area contributed by atoms with Crippen molar-refractivity contribution in [2.45, 2.75) is 20.0 Å². The van der Waals surface area contributed by atoms with Gasteiger partial charge in [0.15, 0.2) is 6.10 Å². The summed E-state index contributed by atoms with van der Waals surface area (Å²) in [5, 5.41) is 9.28. The van der Waals surface area contributed by atoms with Crippen LogP contribution in [0.1, 0.15) is 12.5 Å². The number of carbonyl (C=O) groups excluding carboxylic acids is 1. The number of benzene rings is 1. The quantitative estimate of drug-likeness (QED) is 0.876. The van der Waals surface area contributed by atoms with Crippen molar-refractivity contribution in [2.24, 2.45) is 0 Å². The number of aryl methyl sites for hydroxylation is 1. The Kier molecular flexibility index (Phi) is 4.24. The zero-order valence-corrected chi connectivity index (χ0v) is 11.6. The van der Waals surface area contributed by atoms with Gasteiger partial charge in [0.25, 0.3) is 5.91 Å². The van der Waals surface area contributed by atoms with Gasteiger partial charge in [0.1, 0.15) is 17.3 Å². The second-order valence-corrected chi connectivity index (χ2v) is 4.35. The predicted molar refractivity (Wildman–Crippen MR) is 75.0 cm³/mol. The van der Waals surface area contributed by atoms with E-state index in [4.69, 9.17) is 9.47 Å². The largest absolute Gasteiger partial charge is 0.497 e. The highest BCUT2D eigenvalue weighted by atomic mass is 16.5. The molecule has 2 aromatic rings. The van der Waals surface area contributed by atoms with Crippen LogP contribution in [-0.4, -0.2) is 29.3 Å². The van der Waals surface area contributed by atoms with Crippen LogP contribution in [0.25, 0.3) is 0 Å². The van der Waals surface area contributed by atoms with Crippen LogP contribution in [0.3, 0.4) is 0 Å². The van der Waals surface area contributed by atoms with Crippen molar-refractivity contribution in [1.29, 1.82) is 0 Å². The summed E-state index contributed by atoms with van der Waals surface area (Å²) >= 11 is 0. The molecule has 0 aliphatic heterocycles. The van der Waals surface area contributed by atoms with Gasteiger partial charge in [0.2, 0.25) is 0 Å². The molecule has 0 saturated heterocycles. The number of amides is 1. The first kappa shape index (κ1) is 13.9. The number of nitrogens with zero attached hydrogens (tertiary/aromatic N) is 1. The Morgan fingerprint density at radius 3 is 2.50 bits per heavy atom. The lowest BCUT2D eigenvalue weighted by Gasteiger charge is -2.14. The SMILES string of the molecule is COc1ccc(OC(C)C(=O)Nc2[nH]ncc2C)cc1. The number of anilines is 1. The zero-order valence-electron chi connectivity index (χ0n) is 11.6. The maximum Gasteiger partial charge on any atom is 0.266 e. The highest BCUT2D eigenvalue weighted by Crippen LogP contribution is 2.18. The minimum Gasteiger partial charge on any atom is -0.497 e. The van der Waals surface area contributed by atoms with Crippen molar-refractivity contribution in [2.75, 3.05) is 12.4 Å². The molecule has 1 atom stereocenters. The van der Waals surface area contributed by atoms with E-state index in [1.54, 1.807) is 44.5 Å². The fourth-order valence-corrected chi connectivity index (χ4v) is 1.61. The molecule has 0 saturated carbocycles. The van der Waals surface area contributed by atoms with E-state index in [-0.39, 0.29) is 5.91 Å². The molecule has 1 heterocycles. The number of hydrogen-bond acceptors (Lipinski definition) is 4. The van der Waals surface area contributed by atoms with Gasteiger partial charge in [-0.25, -0.2) is 0 Å². The van der Waals surface area contributed by atoms with Crippen LogP contribution in [0.15, 0.2) is 30.5 Å². The van der Waals surface area contributed by atoms with E-state index in [2.05, 4.69) is 15.5 Å². The number of hydrogen-bond donors (Lipinski definition) is 2. The molecule has 0 aliphatic rings. The molecule has 20 heavy (non-hydrogen) atoms. The summed E-state index contributed by atoms with van der Waals surface area (Å²) in [5.41, 5.74) is 0.870. The van der Waals surface area contributed by atoms with Crippen LogP contribution < -0.4 is 14.8 Å². The lowest BCUT2D eigenvalue weighted by molar-refractivity contribution is -0.122. The first-order chi connectivity index (χ1) is 9.60. The Morgan fingerprint density at radius 1 is 1.30 bits per heavy atom. The molecule has 0 spiro atoms. The molecule has 2 N–H and O–H groups in total. The second-order valence-electron chi connectivity index (χ2n) is 4.35. The summed E-state index contributed by atoms with van der Waals surface area (Å²) in [6, 6.07) is 7.06. The predicted octanol–water partition coefficient (Wildman–Crippen LogP) is 2.13. The topological polar surface area (TPSA) is 76.2 Å². The van der Waals surface area contributed by atoms with E-state index in [1.165, 1.54) is 0 Å². The minimum atomic E-state index is -0.619. The van der Waals surface area contributed by atoms with Gasteiger partial charge in [-0.3, -0.25) is 9.89 Å². The third-order valence-electron chi connectivity index (χ3n) is 2.82. The van der Waals surface area contributed by atoms with E-state index in [9.17, 15) is 4.79 Å². The molecule has 0 aliphatic carbocycles. The highest BCUT2D eigenvalue weighted by Gasteiger charge is 2.16. The smallest absolute Gasteiger partial charge is 0.266 e. The molecule has 1 aromatic heterocycles. The molecule has 1 aromatic carbocycles. The van der Waals surface area contributed by atoms with Crippen molar-refractivity contribution < 1.29 is 14.3 Å². The lowest BCUT2D eigenvalue weighted by Crippen LogP contribution is -2.30. The standard InChI is InChI=1S/C14H17N3O3/c1-9-8-15-17-13(9)16-14(18)10(2)20-12-6-4-11(19-3)5-7-12/h4-8,10H,1-3H3,(H2,15,16,17,18). The van der Waals surface area contributed by atoms with E-state index in [1.807, 2.05) is 6.92 Å². The van der Waals surface area contributed by atoms with Gasteiger partial charge in [-0.05, 0) is 38.1 Å².